The third-order valence-electron chi connectivity index (χ3n) is 2.15. The number of epoxide rings is 1. The van der Waals surface area contributed by atoms with Gasteiger partial charge in [0.25, 0.3) is 0 Å². The lowest BCUT2D eigenvalue weighted by Gasteiger charge is -1.92. The van der Waals surface area contributed by atoms with Crippen LogP contribution in [-0.4, -0.2) is 11.6 Å². The second-order valence-electron chi connectivity index (χ2n) is 3.09. The van der Waals surface area contributed by atoms with Gasteiger partial charge in [-0.15, -0.1) is 0 Å². The monoisotopic (exact) mass is 177 g/mol. The Labute approximate surface area is 73.1 Å². The third kappa shape index (κ3) is 1.07. The topological polar surface area (TPSA) is 58.5 Å². The van der Waals surface area contributed by atoms with E-state index in [0.29, 0.717) is 5.58 Å². The van der Waals surface area contributed by atoms with Gasteiger partial charge in [-0.1, -0.05) is 6.07 Å². The molecule has 0 saturated carbocycles. The van der Waals surface area contributed by atoms with Crippen molar-refractivity contribution in [1.82, 2.24) is 4.98 Å². The van der Waals surface area contributed by atoms with Gasteiger partial charge in [0.15, 0.2) is 5.58 Å². The lowest BCUT2D eigenvalue weighted by molar-refractivity contribution is 0.415. The van der Waals surface area contributed by atoms with E-state index < -0.39 is 5.76 Å². The largest absolute Gasteiger partial charge is 0.417 e. The minimum atomic E-state index is -0.413. The number of hydrogen-bond acceptors (Lipinski definition) is 3. The van der Waals surface area contributed by atoms with Crippen LogP contribution in [0.2, 0.25) is 0 Å². The maximum atomic E-state index is 10.8. The van der Waals surface area contributed by atoms with Crippen molar-refractivity contribution in [3.8, 4) is 0 Å². The smallest absolute Gasteiger partial charge is 0.408 e. The van der Waals surface area contributed by atoms with Gasteiger partial charge in [-0.2, -0.15) is 0 Å². The van der Waals surface area contributed by atoms with Crippen molar-refractivity contribution in [2.45, 2.75) is 6.10 Å². The minimum Gasteiger partial charge on any atom is -0.408 e. The van der Waals surface area contributed by atoms with E-state index in [2.05, 4.69) is 4.98 Å². The van der Waals surface area contributed by atoms with Crippen LogP contribution < -0.4 is 5.76 Å². The van der Waals surface area contributed by atoms with Crippen molar-refractivity contribution in [2.75, 3.05) is 6.61 Å². The highest BCUT2D eigenvalue weighted by molar-refractivity contribution is 5.72. The number of aromatic nitrogens is 1. The van der Waals surface area contributed by atoms with E-state index in [1.807, 2.05) is 18.2 Å². The molecule has 0 radical (unpaired) electrons. The van der Waals surface area contributed by atoms with E-state index in [1.54, 1.807) is 0 Å². The Morgan fingerprint density at radius 2 is 2.31 bits per heavy atom. The van der Waals surface area contributed by atoms with Crippen LogP contribution in [0, 0.1) is 0 Å². The molecule has 1 aliphatic rings. The number of hydrogen-bond donors (Lipinski definition) is 1. The Morgan fingerprint density at radius 1 is 1.46 bits per heavy atom. The molecule has 0 aliphatic carbocycles. The first-order valence-electron chi connectivity index (χ1n) is 4.07. The molecule has 1 atom stereocenters. The van der Waals surface area contributed by atoms with Gasteiger partial charge in [0, 0.05) is 0 Å². The Morgan fingerprint density at radius 3 is 3.08 bits per heavy atom. The first-order chi connectivity index (χ1) is 6.33. The van der Waals surface area contributed by atoms with Gasteiger partial charge >= 0.3 is 5.76 Å². The average Bonchev–Trinajstić information content (AvgIpc) is 2.87. The molecule has 2 heterocycles. The van der Waals surface area contributed by atoms with Gasteiger partial charge in [0.2, 0.25) is 0 Å². The Kier molecular flexibility index (Phi) is 1.19. The molecule has 3 rings (SSSR count). The highest BCUT2D eigenvalue weighted by Crippen LogP contribution is 2.30. The standard InChI is InChI=1S/C9H7NO3/c11-9-10-6-2-1-5(8-4-12-8)3-7(6)13-9/h1-3,8H,4H2,(H,10,11). The van der Waals surface area contributed by atoms with Crippen molar-refractivity contribution in [3.05, 3.63) is 34.3 Å². The summed E-state index contributed by atoms with van der Waals surface area (Å²) in [7, 11) is 0. The van der Waals surface area contributed by atoms with E-state index >= 15 is 0 Å². The number of nitrogens with one attached hydrogen (secondary N) is 1. The molecule has 0 amide bonds. The molecule has 1 aromatic carbocycles. The van der Waals surface area contributed by atoms with E-state index in [1.165, 1.54) is 0 Å². The lowest BCUT2D eigenvalue weighted by Crippen LogP contribution is -1.92. The summed E-state index contributed by atoms with van der Waals surface area (Å²) in [5, 5.41) is 0. The molecule has 1 N–H and O–H groups in total. The van der Waals surface area contributed by atoms with Gasteiger partial charge in [0.1, 0.15) is 6.10 Å². The summed E-state index contributed by atoms with van der Waals surface area (Å²) in [6.45, 7) is 0.764. The van der Waals surface area contributed by atoms with Crippen LogP contribution in [0.15, 0.2) is 27.4 Å². The number of benzene rings is 1. The Hall–Kier alpha value is -1.55. The van der Waals surface area contributed by atoms with Gasteiger partial charge in [-0.25, -0.2) is 4.79 Å². The fourth-order valence-corrected chi connectivity index (χ4v) is 1.40. The van der Waals surface area contributed by atoms with E-state index in [-0.39, 0.29) is 6.10 Å². The highest BCUT2D eigenvalue weighted by atomic mass is 16.6. The summed E-state index contributed by atoms with van der Waals surface area (Å²) in [6, 6.07) is 5.60. The molecule has 0 bridgehead atoms. The van der Waals surface area contributed by atoms with Crippen LogP contribution in [0.25, 0.3) is 11.1 Å². The normalized spacial score (nSPS) is 20.8. The number of ether oxygens (including phenoxy) is 1. The minimum absolute atomic E-state index is 0.199. The van der Waals surface area contributed by atoms with Crippen LogP contribution in [0.4, 0.5) is 0 Å². The van der Waals surface area contributed by atoms with Gasteiger partial charge in [-0.3, -0.25) is 4.98 Å². The van der Waals surface area contributed by atoms with E-state index in [4.69, 9.17) is 9.15 Å². The van der Waals surface area contributed by atoms with Gasteiger partial charge < -0.3 is 9.15 Å². The lowest BCUT2D eigenvalue weighted by atomic mass is 10.1. The molecular formula is C9H7NO3. The van der Waals surface area contributed by atoms with Crippen molar-refractivity contribution in [2.24, 2.45) is 0 Å². The zero-order chi connectivity index (χ0) is 8.84. The van der Waals surface area contributed by atoms with Crippen molar-refractivity contribution >= 4 is 11.1 Å². The summed E-state index contributed by atoms with van der Waals surface area (Å²) in [5.41, 5.74) is 2.39. The van der Waals surface area contributed by atoms with Crippen LogP contribution in [0.5, 0.6) is 0 Å². The molecule has 13 heavy (non-hydrogen) atoms. The fraction of sp³-hybridized carbons (Fsp3) is 0.222. The summed E-state index contributed by atoms with van der Waals surface area (Å²) in [5.74, 6) is -0.413. The molecule has 1 fully saturated rings. The van der Waals surface area contributed by atoms with Gasteiger partial charge in [0.05, 0.1) is 12.1 Å². The molecule has 1 saturated heterocycles. The fourth-order valence-electron chi connectivity index (χ4n) is 1.40. The molecule has 1 aliphatic heterocycles. The second kappa shape index (κ2) is 2.23. The highest BCUT2D eigenvalue weighted by Gasteiger charge is 2.25. The summed E-state index contributed by atoms with van der Waals surface area (Å²) in [6.07, 6.45) is 0.199. The Bertz CT molecular complexity index is 507. The number of fused-ring (bicyclic) bond motifs is 1. The SMILES string of the molecule is O=c1[nH]c2ccc(C3CO3)cc2o1. The molecule has 2 aromatic rings. The number of rotatable bonds is 1. The first kappa shape index (κ1) is 6.91. The van der Waals surface area contributed by atoms with Crippen LogP contribution in [0.1, 0.15) is 11.7 Å². The maximum Gasteiger partial charge on any atom is 0.417 e. The van der Waals surface area contributed by atoms with E-state index in [9.17, 15) is 4.79 Å². The summed E-state index contributed by atoms with van der Waals surface area (Å²) in [4.78, 5) is 13.4. The second-order valence-corrected chi connectivity index (χ2v) is 3.09. The van der Waals surface area contributed by atoms with Crippen LogP contribution >= 0.6 is 0 Å². The number of oxazole rings is 1. The predicted octanol–water partition coefficient (Wildman–Crippen LogP) is 1.19. The molecule has 66 valence electrons. The van der Waals surface area contributed by atoms with Crippen molar-refractivity contribution in [1.29, 1.82) is 0 Å². The molecule has 1 unspecified atom stereocenters. The predicted molar refractivity (Wildman–Crippen MR) is 45.5 cm³/mol. The quantitative estimate of drug-likeness (QED) is 0.665. The first-order valence-corrected chi connectivity index (χ1v) is 4.07. The molecule has 4 nitrogen and oxygen atoms in total. The third-order valence-corrected chi connectivity index (χ3v) is 2.15. The summed E-state index contributed by atoms with van der Waals surface area (Å²) >= 11 is 0. The average molecular weight is 177 g/mol. The molecule has 0 spiro atoms. The number of H-pyrrole nitrogens is 1. The Balaban J connectivity index is 2.25. The van der Waals surface area contributed by atoms with Crippen molar-refractivity contribution in [3.63, 3.8) is 0 Å². The van der Waals surface area contributed by atoms with Gasteiger partial charge in [-0.05, 0) is 17.7 Å². The molecule has 1 aromatic heterocycles. The maximum absolute atomic E-state index is 10.8. The zero-order valence-corrected chi connectivity index (χ0v) is 6.74. The summed E-state index contributed by atoms with van der Waals surface area (Å²) < 4.78 is 10.0. The van der Waals surface area contributed by atoms with Crippen LogP contribution in [-0.2, 0) is 4.74 Å². The molecule has 4 heteroatoms. The number of aromatic amines is 1. The van der Waals surface area contributed by atoms with Crippen LogP contribution in [0.3, 0.4) is 0 Å². The van der Waals surface area contributed by atoms with E-state index in [0.717, 1.165) is 17.7 Å². The zero-order valence-electron chi connectivity index (χ0n) is 6.74. The molecular weight excluding hydrogens is 170 g/mol. The van der Waals surface area contributed by atoms with Crippen molar-refractivity contribution < 1.29 is 9.15 Å².